The first-order valence-electron chi connectivity index (χ1n) is 6.84. The van der Waals surface area contributed by atoms with Crippen molar-refractivity contribution in [3.63, 3.8) is 0 Å². The zero-order valence-corrected chi connectivity index (χ0v) is 12.4. The third kappa shape index (κ3) is 4.36. The van der Waals surface area contributed by atoms with Crippen molar-refractivity contribution < 1.29 is 9.50 Å². The maximum Gasteiger partial charge on any atom is 0.123 e. The van der Waals surface area contributed by atoms with Gasteiger partial charge in [-0.25, -0.2) is 4.39 Å². The summed E-state index contributed by atoms with van der Waals surface area (Å²) in [4.78, 5) is 0.966. The molecule has 0 heterocycles. The van der Waals surface area contributed by atoms with Gasteiger partial charge in [0.2, 0.25) is 0 Å². The summed E-state index contributed by atoms with van der Waals surface area (Å²) in [5.41, 5.74) is 2.23. The molecule has 1 nitrogen and oxygen atoms in total. The van der Waals surface area contributed by atoms with Gasteiger partial charge < -0.3 is 5.11 Å². The van der Waals surface area contributed by atoms with Crippen LogP contribution in [0.3, 0.4) is 0 Å². The molecule has 0 aromatic heterocycles. The van der Waals surface area contributed by atoms with E-state index in [9.17, 15) is 9.50 Å². The molecule has 0 fully saturated rings. The van der Waals surface area contributed by atoms with Crippen LogP contribution in [0.25, 0.3) is 0 Å². The molecule has 0 spiro atoms. The maximum atomic E-state index is 12.8. The van der Waals surface area contributed by atoms with Crippen molar-refractivity contribution in [1.82, 2.24) is 0 Å². The van der Waals surface area contributed by atoms with Crippen molar-refractivity contribution >= 4 is 11.8 Å². The van der Waals surface area contributed by atoms with Gasteiger partial charge in [0.05, 0.1) is 6.10 Å². The van der Waals surface area contributed by atoms with E-state index in [1.54, 1.807) is 12.1 Å². The van der Waals surface area contributed by atoms with E-state index in [2.05, 4.69) is 19.1 Å². The highest BCUT2D eigenvalue weighted by Gasteiger charge is 2.08. The van der Waals surface area contributed by atoms with Crippen LogP contribution in [0.1, 0.15) is 30.6 Å². The van der Waals surface area contributed by atoms with E-state index >= 15 is 0 Å². The van der Waals surface area contributed by atoms with E-state index in [4.69, 9.17) is 0 Å². The molecule has 2 aromatic carbocycles. The van der Waals surface area contributed by atoms with Gasteiger partial charge in [-0.05, 0) is 41.8 Å². The molecule has 20 heavy (non-hydrogen) atoms. The van der Waals surface area contributed by atoms with E-state index in [-0.39, 0.29) is 5.82 Å². The Hall–Kier alpha value is -1.32. The number of hydrogen-bond acceptors (Lipinski definition) is 2. The quantitative estimate of drug-likeness (QED) is 0.784. The molecule has 106 valence electrons. The predicted molar refractivity (Wildman–Crippen MR) is 82.5 cm³/mol. The molecule has 1 atom stereocenters. The van der Waals surface area contributed by atoms with Crippen LogP contribution in [0.15, 0.2) is 53.4 Å². The maximum absolute atomic E-state index is 12.8. The van der Waals surface area contributed by atoms with Gasteiger partial charge in [0.1, 0.15) is 5.82 Å². The fraction of sp³-hybridized carbons (Fsp3) is 0.294. The summed E-state index contributed by atoms with van der Waals surface area (Å²) < 4.78 is 12.8. The summed E-state index contributed by atoms with van der Waals surface area (Å²) in [5.74, 6) is 0.333. The van der Waals surface area contributed by atoms with Gasteiger partial charge in [-0.1, -0.05) is 37.6 Å². The lowest BCUT2D eigenvalue weighted by molar-refractivity contribution is 0.204. The van der Waals surface area contributed by atoms with Crippen molar-refractivity contribution in [1.29, 1.82) is 0 Å². The summed E-state index contributed by atoms with van der Waals surface area (Å²) in [7, 11) is 0. The zero-order valence-electron chi connectivity index (χ0n) is 11.6. The van der Waals surface area contributed by atoms with E-state index in [0.717, 1.165) is 23.3 Å². The highest BCUT2D eigenvalue weighted by Crippen LogP contribution is 2.25. The lowest BCUT2D eigenvalue weighted by Crippen LogP contribution is -2.00. The van der Waals surface area contributed by atoms with Crippen LogP contribution < -0.4 is 0 Å². The highest BCUT2D eigenvalue weighted by molar-refractivity contribution is 7.99. The molecule has 2 rings (SSSR count). The second kappa shape index (κ2) is 7.46. The van der Waals surface area contributed by atoms with Gasteiger partial charge in [0.25, 0.3) is 0 Å². The molecule has 0 aliphatic carbocycles. The molecule has 3 heteroatoms. The van der Waals surface area contributed by atoms with Gasteiger partial charge in [-0.15, -0.1) is 11.8 Å². The van der Waals surface area contributed by atoms with Crippen molar-refractivity contribution in [2.24, 2.45) is 0 Å². The number of thioether (sulfide) groups is 1. The second-order valence-electron chi connectivity index (χ2n) is 4.77. The highest BCUT2D eigenvalue weighted by atomic mass is 32.2. The largest absolute Gasteiger partial charge is 0.388 e. The summed E-state index contributed by atoms with van der Waals surface area (Å²) in [5, 5.41) is 10.2. The summed E-state index contributed by atoms with van der Waals surface area (Å²) in [6, 6.07) is 14.5. The average Bonchev–Trinajstić information content (AvgIpc) is 2.47. The number of benzene rings is 2. The summed E-state index contributed by atoms with van der Waals surface area (Å²) in [6.45, 7) is 2.15. The second-order valence-corrected chi connectivity index (χ2v) is 5.87. The normalized spacial score (nSPS) is 12.3. The van der Waals surface area contributed by atoms with E-state index in [1.165, 1.54) is 29.5 Å². The molecule has 0 saturated heterocycles. The minimum atomic E-state index is -0.499. The number of aliphatic hydroxyl groups is 1. The summed E-state index contributed by atoms with van der Waals surface area (Å²) >= 11 is 1.53. The van der Waals surface area contributed by atoms with Crippen LogP contribution in [-0.4, -0.2) is 10.9 Å². The average molecular weight is 290 g/mol. The Morgan fingerprint density at radius 2 is 1.70 bits per heavy atom. The lowest BCUT2D eigenvalue weighted by Gasteiger charge is -2.11. The molecular weight excluding hydrogens is 271 g/mol. The summed E-state index contributed by atoms with van der Waals surface area (Å²) in [6.07, 6.45) is 1.70. The van der Waals surface area contributed by atoms with E-state index in [1.807, 2.05) is 12.1 Å². The molecule has 0 radical (unpaired) electrons. The standard InChI is InChI=1S/C17H19FOS/c1-2-3-13-4-6-14(7-5-13)17(19)12-20-16-10-8-15(18)9-11-16/h4-11,17,19H,2-3,12H2,1H3. The zero-order chi connectivity index (χ0) is 14.4. The Kier molecular flexibility index (Phi) is 5.62. The topological polar surface area (TPSA) is 20.2 Å². The van der Waals surface area contributed by atoms with Crippen molar-refractivity contribution in [2.45, 2.75) is 30.8 Å². The molecule has 0 bridgehead atoms. The first kappa shape index (κ1) is 15.1. The molecule has 0 aliphatic rings. The molecule has 2 aromatic rings. The number of aryl methyl sites for hydroxylation is 1. The first-order chi connectivity index (χ1) is 9.69. The fourth-order valence-corrected chi connectivity index (χ4v) is 2.87. The van der Waals surface area contributed by atoms with Gasteiger partial charge in [0.15, 0.2) is 0 Å². The van der Waals surface area contributed by atoms with Gasteiger partial charge in [-0.2, -0.15) is 0 Å². The monoisotopic (exact) mass is 290 g/mol. The molecule has 0 saturated carbocycles. The minimum Gasteiger partial charge on any atom is -0.388 e. The first-order valence-corrected chi connectivity index (χ1v) is 7.83. The fourth-order valence-electron chi connectivity index (χ4n) is 2.00. The van der Waals surface area contributed by atoms with Crippen LogP contribution in [0.4, 0.5) is 4.39 Å². The molecular formula is C17H19FOS. The molecule has 1 unspecified atom stereocenters. The van der Waals surface area contributed by atoms with Crippen LogP contribution >= 0.6 is 11.8 Å². The Morgan fingerprint density at radius 1 is 1.05 bits per heavy atom. The smallest absolute Gasteiger partial charge is 0.123 e. The molecule has 1 N–H and O–H groups in total. The Morgan fingerprint density at radius 3 is 2.30 bits per heavy atom. The Labute approximate surface area is 123 Å². The van der Waals surface area contributed by atoms with Gasteiger partial charge in [-0.3, -0.25) is 0 Å². The van der Waals surface area contributed by atoms with E-state index in [0.29, 0.717) is 5.75 Å². The third-order valence-electron chi connectivity index (χ3n) is 3.12. The minimum absolute atomic E-state index is 0.235. The SMILES string of the molecule is CCCc1ccc(C(O)CSc2ccc(F)cc2)cc1. The van der Waals surface area contributed by atoms with Crippen LogP contribution in [0.2, 0.25) is 0 Å². The number of aliphatic hydroxyl groups excluding tert-OH is 1. The predicted octanol–water partition coefficient (Wildman–Crippen LogP) is 4.60. The van der Waals surface area contributed by atoms with Gasteiger partial charge >= 0.3 is 0 Å². The molecule has 0 aliphatic heterocycles. The van der Waals surface area contributed by atoms with Crippen molar-refractivity contribution in [2.75, 3.05) is 5.75 Å². The molecule has 0 amide bonds. The number of rotatable bonds is 6. The number of halogens is 1. The van der Waals surface area contributed by atoms with Gasteiger partial charge in [0, 0.05) is 10.6 Å². The van der Waals surface area contributed by atoms with Crippen molar-refractivity contribution in [3.05, 3.63) is 65.5 Å². The van der Waals surface area contributed by atoms with E-state index < -0.39 is 6.10 Å². The van der Waals surface area contributed by atoms with Crippen LogP contribution in [0, 0.1) is 5.82 Å². The van der Waals surface area contributed by atoms with Crippen LogP contribution in [-0.2, 0) is 6.42 Å². The van der Waals surface area contributed by atoms with Crippen LogP contribution in [0.5, 0.6) is 0 Å². The Balaban J connectivity index is 1.90. The number of hydrogen-bond donors (Lipinski definition) is 1. The lowest BCUT2D eigenvalue weighted by atomic mass is 10.1. The van der Waals surface area contributed by atoms with Crippen molar-refractivity contribution in [3.8, 4) is 0 Å². The Bertz CT molecular complexity index is 522. The third-order valence-corrected chi connectivity index (χ3v) is 4.21.